The third kappa shape index (κ3) is 3.64. The molecule has 0 amide bonds. The summed E-state index contributed by atoms with van der Waals surface area (Å²) in [6.45, 7) is 1.58. The second-order valence-corrected chi connectivity index (χ2v) is 6.60. The minimum Gasteiger partial charge on any atom is -0.351 e. The number of pyridine rings is 2. The second kappa shape index (κ2) is 7.36. The Kier molecular flexibility index (Phi) is 4.61. The Bertz CT molecular complexity index is 940. The van der Waals surface area contributed by atoms with Gasteiger partial charge in [0.15, 0.2) is 0 Å². The maximum absolute atomic E-state index is 4.57. The van der Waals surface area contributed by atoms with Crippen molar-refractivity contribution in [2.75, 3.05) is 11.4 Å². The van der Waals surface area contributed by atoms with Crippen molar-refractivity contribution in [1.82, 2.24) is 19.9 Å². The molecule has 0 unspecified atom stereocenters. The smallest absolute Gasteiger partial charge is 0.150 e. The van der Waals surface area contributed by atoms with Crippen LogP contribution in [0, 0.1) is 0 Å². The van der Waals surface area contributed by atoms with Gasteiger partial charge in [-0.3, -0.25) is 9.97 Å². The number of rotatable bonds is 6. The molecule has 5 nitrogen and oxygen atoms in total. The fourth-order valence-corrected chi connectivity index (χ4v) is 3.63. The maximum atomic E-state index is 4.57. The predicted molar refractivity (Wildman–Crippen MR) is 101 cm³/mol. The van der Waals surface area contributed by atoms with E-state index in [2.05, 4.69) is 42.3 Å². The fourth-order valence-electron chi connectivity index (χ4n) is 2.77. The van der Waals surface area contributed by atoms with Crippen LogP contribution in [0.1, 0.15) is 11.3 Å². The number of fused-ring (bicyclic) bond motifs is 1. The second-order valence-electron chi connectivity index (χ2n) is 5.69. The summed E-state index contributed by atoms with van der Waals surface area (Å²) in [6, 6.07) is 12.1. The first-order chi connectivity index (χ1) is 12.4. The van der Waals surface area contributed by atoms with Crippen LogP contribution in [0.4, 0.5) is 5.82 Å². The Labute approximate surface area is 150 Å². The molecule has 4 heterocycles. The minimum absolute atomic E-state index is 0.755. The molecule has 0 fully saturated rings. The molecular weight excluding hydrogens is 330 g/mol. The highest BCUT2D eigenvalue weighted by Gasteiger charge is 2.14. The third-order valence-electron chi connectivity index (χ3n) is 3.98. The highest BCUT2D eigenvalue weighted by atomic mass is 32.1. The van der Waals surface area contributed by atoms with E-state index >= 15 is 0 Å². The molecule has 4 aromatic heterocycles. The average Bonchev–Trinajstić information content (AvgIpc) is 3.16. The van der Waals surface area contributed by atoms with Crippen molar-refractivity contribution in [2.45, 2.75) is 13.0 Å². The molecule has 0 spiro atoms. The summed E-state index contributed by atoms with van der Waals surface area (Å²) in [6.07, 6.45) is 8.03. The maximum Gasteiger partial charge on any atom is 0.150 e. The highest BCUT2D eigenvalue weighted by molar-refractivity contribution is 7.17. The molecule has 0 aliphatic heterocycles. The van der Waals surface area contributed by atoms with Crippen molar-refractivity contribution in [2.24, 2.45) is 0 Å². The molecule has 4 aromatic rings. The van der Waals surface area contributed by atoms with Gasteiger partial charge in [0, 0.05) is 43.8 Å². The Morgan fingerprint density at radius 3 is 2.80 bits per heavy atom. The van der Waals surface area contributed by atoms with Crippen molar-refractivity contribution in [3.8, 4) is 0 Å². The highest BCUT2D eigenvalue weighted by Crippen LogP contribution is 2.28. The number of hydrogen-bond acceptors (Lipinski definition) is 6. The van der Waals surface area contributed by atoms with Gasteiger partial charge in [0.05, 0.1) is 10.2 Å². The van der Waals surface area contributed by atoms with Crippen LogP contribution < -0.4 is 4.90 Å². The first-order valence-corrected chi connectivity index (χ1v) is 9.00. The van der Waals surface area contributed by atoms with E-state index in [1.165, 1.54) is 0 Å². The van der Waals surface area contributed by atoms with Crippen LogP contribution in [0.3, 0.4) is 0 Å². The van der Waals surface area contributed by atoms with E-state index in [1.54, 1.807) is 23.9 Å². The van der Waals surface area contributed by atoms with Crippen LogP contribution >= 0.6 is 11.3 Å². The van der Waals surface area contributed by atoms with Gasteiger partial charge in [0.1, 0.15) is 12.1 Å². The fraction of sp³-hybridized carbons (Fsp3) is 0.158. The summed E-state index contributed by atoms with van der Waals surface area (Å²) < 4.78 is 1.12. The lowest BCUT2D eigenvalue weighted by Gasteiger charge is -2.24. The molecule has 6 heteroatoms. The lowest BCUT2D eigenvalue weighted by atomic mass is 10.2. The van der Waals surface area contributed by atoms with E-state index in [0.29, 0.717) is 0 Å². The van der Waals surface area contributed by atoms with E-state index in [9.17, 15) is 0 Å². The van der Waals surface area contributed by atoms with Gasteiger partial charge in [-0.15, -0.1) is 11.3 Å². The van der Waals surface area contributed by atoms with Crippen LogP contribution in [-0.2, 0) is 13.0 Å². The summed E-state index contributed by atoms with van der Waals surface area (Å²) in [5.41, 5.74) is 3.23. The molecule has 0 saturated heterocycles. The van der Waals surface area contributed by atoms with Gasteiger partial charge in [-0.25, -0.2) is 9.97 Å². The van der Waals surface area contributed by atoms with Gasteiger partial charge in [-0.1, -0.05) is 12.1 Å². The van der Waals surface area contributed by atoms with E-state index in [4.69, 9.17) is 0 Å². The quantitative estimate of drug-likeness (QED) is 0.532. The molecule has 0 radical (unpaired) electrons. The first kappa shape index (κ1) is 15.7. The average molecular weight is 347 g/mol. The van der Waals surface area contributed by atoms with E-state index < -0.39 is 0 Å². The van der Waals surface area contributed by atoms with Crippen molar-refractivity contribution in [3.63, 3.8) is 0 Å². The van der Waals surface area contributed by atoms with Crippen LogP contribution in [0.15, 0.2) is 66.7 Å². The normalized spacial score (nSPS) is 10.9. The van der Waals surface area contributed by atoms with Crippen molar-refractivity contribution in [1.29, 1.82) is 0 Å². The largest absolute Gasteiger partial charge is 0.351 e. The molecule has 0 aliphatic rings. The Balaban J connectivity index is 1.64. The molecule has 25 heavy (non-hydrogen) atoms. The SMILES string of the molecule is c1ccc(CCN(Cc2cccnc2)c2ncnc3ccsc23)nc1. The molecule has 124 valence electrons. The molecule has 0 atom stereocenters. The Morgan fingerprint density at radius 1 is 0.960 bits per heavy atom. The lowest BCUT2D eigenvalue weighted by molar-refractivity contribution is 0.759. The van der Waals surface area contributed by atoms with Gasteiger partial charge in [-0.05, 0) is 35.2 Å². The van der Waals surface area contributed by atoms with Gasteiger partial charge < -0.3 is 4.90 Å². The summed E-state index contributed by atoms with van der Waals surface area (Å²) in [5.74, 6) is 0.972. The van der Waals surface area contributed by atoms with E-state index in [-0.39, 0.29) is 0 Å². The third-order valence-corrected chi connectivity index (χ3v) is 4.88. The van der Waals surface area contributed by atoms with Gasteiger partial charge in [0.25, 0.3) is 0 Å². The zero-order valence-corrected chi connectivity index (χ0v) is 14.4. The van der Waals surface area contributed by atoms with Crippen molar-refractivity contribution in [3.05, 3.63) is 78.0 Å². The summed E-state index contributed by atoms with van der Waals surface area (Å²) >= 11 is 1.68. The van der Waals surface area contributed by atoms with Crippen LogP contribution in [-0.4, -0.2) is 26.5 Å². The number of anilines is 1. The predicted octanol–water partition coefficient (Wildman–Crippen LogP) is 3.73. The van der Waals surface area contributed by atoms with Crippen LogP contribution in [0.2, 0.25) is 0 Å². The zero-order chi connectivity index (χ0) is 16.9. The molecule has 0 aliphatic carbocycles. The topological polar surface area (TPSA) is 54.8 Å². The Morgan fingerprint density at radius 2 is 1.96 bits per heavy atom. The van der Waals surface area contributed by atoms with E-state index in [1.807, 2.05) is 36.7 Å². The Hall–Kier alpha value is -2.86. The monoisotopic (exact) mass is 347 g/mol. The van der Waals surface area contributed by atoms with Crippen LogP contribution in [0.5, 0.6) is 0 Å². The number of thiophene rings is 1. The number of hydrogen-bond donors (Lipinski definition) is 0. The molecule has 0 N–H and O–H groups in total. The first-order valence-electron chi connectivity index (χ1n) is 8.12. The van der Waals surface area contributed by atoms with Gasteiger partial charge in [0.2, 0.25) is 0 Å². The number of aromatic nitrogens is 4. The molecule has 0 bridgehead atoms. The minimum atomic E-state index is 0.755. The summed E-state index contributed by atoms with van der Waals surface area (Å²) in [5, 5.41) is 2.06. The summed E-state index contributed by atoms with van der Waals surface area (Å²) in [7, 11) is 0. The zero-order valence-electron chi connectivity index (χ0n) is 13.6. The molecule has 4 rings (SSSR count). The standard InChI is InChI=1S/C19H17N5S/c1-2-9-21-16(5-1)6-10-24(13-15-4-3-8-20-12-15)19-18-17(7-11-25-18)22-14-23-19/h1-5,7-9,11-12,14H,6,10,13H2. The molecular formula is C19H17N5S. The molecule has 0 aromatic carbocycles. The van der Waals surface area contributed by atoms with Crippen molar-refractivity contribution >= 4 is 27.4 Å². The number of nitrogens with zero attached hydrogens (tertiary/aromatic N) is 5. The summed E-state index contributed by atoms with van der Waals surface area (Å²) in [4.78, 5) is 19.9. The van der Waals surface area contributed by atoms with E-state index in [0.717, 1.165) is 46.8 Å². The van der Waals surface area contributed by atoms with Crippen LogP contribution in [0.25, 0.3) is 10.2 Å². The van der Waals surface area contributed by atoms with Gasteiger partial charge >= 0.3 is 0 Å². The van der Waals surface area contributed by atoms with Crippen molar-refractivity contribution < 1.29 is 0 Å². The van der Waals surface area contributed by atoms with Gasteiger partial charge in [-0.2, -0.15) is 0 Å². The lowest BCUT2D eigenvalue weighted by Crippen LogP contribution is -2.26. The molecule has 0 saturated carbocycles.